The number of halogens is 1. The first kappa shape index (κ1) is 17.7. The maximum absolute atomic E-state index is 13.0. The van der Waals surface area contributed by atoms with E-state index >= 15 is 0 Å². The monoisotopic (exact) mass is 355 g/mol. The molecule has 2 aromatic rings. The molecule has 1 aliphatic rings. The van der Waals surface area contributed by atoms with Crippen molar-refractivity contribution in [2.24, 2.45) is 5.41 Å². The smallest absolute Gasteiger partial charge is 0.235 e. The van der Waals surface area contributed by atoms with Crippen LogP contribution in [-0.4, -0.2) is 18.2 Å². The molecule has 3 nitrogen and oxygen atoms in total. The minimum atomic E-state index is -0.805. The average molecular weight is 356 g/mol. The van der Waals surface area contributed by atoms with Crippen LogP contribution >= 0.6 is 11.6 Å². The van der Waals surface area contributed by atoms with Crippen LogP contribution in [0.4, 0.5) is 0 Å². The normalized spacial score (nSPS) is 19.6. The molecule has 0 aliphatic carbocycles. The van der Waals surface area contributed by atoms with E-state index in [0.717, 1.165) is 28.7 Å². The van der Waals surface area contributed by atoms with E-state index in [9.17, 15) is 9.59 Å². The molecule has 4 heteroatoms. The Hall–Kier alpha value is -2.13. The Labute approximate surface area is 153 Å². The van der Waals surface area contributed by atoms with Gasteiger partial charge in [-0.2, -0.15) is 0 Å². The van der Waals surface area contributed by atoms with Gasteiger partial charge in [0.05, 0.1) is 0 Å². The number of Topliss-reactive ketones (excluding diaryl/α,β-unsaturated/α-hetero) is 1. The van der Waals surface area contributed by atoms with Crippen molar-refractivity contribution in [3.63, 3.8) is 0 Å². The summed E-state index contributed by atoms with van der Waals surface area (Å²) in [6.07, 6.45) is 0.820. The van der Waals surface area contributed by atoms with Crippen LogP contribution in [0.15, 0.2) is 42.5 Å². The molecule has 1 aliphatic heterocycles. The number of carbonyl (C=O) groups excluding carboxylic acids is 2. The first-order chi connectivity index (χ1) is 11.9. The molecule has 130 valence electrons. The molecule has 2 aromatic carbocycles. The fraction of sp³-hybridized carbons (Fsp3) is 0.333. The van der Waals surface area contributed by atoms with E-state index in [4.69, 9.17) is 11.6 Å². The van der Waals surface area contributed by atoms with Gasteiger partial charge in [-0.15, -0.1) is 0 Å². The van der Waals surface area contributed by atoms with E-state index in [1.807, 2.05) is 56.3 Å². The molecule has 1 N–H and O–H groups in total. The summed E-state index contributed by atoms with van der Waals surface area (Å²) >= 11 is 6.50. The van der Waals surface area contributed by atoms with Crippen molar-refractivity contribution in [2.75, 3.05) is 6.54 Å². The number of hydrogen-bond donors (Lipinski definition) is 1. The molecule has 1 amide bonds. The lowest BCUT2D eigenvalue weighted by atomic mass is 9.73. The van der Waals surface area contributed by atoms with Crippen LogP contribution < -0.4 is 5.32 Å². The Balaban J connectivity index is 2.21. The second-order valence-electron chi connectivity index (χ2n) is 7.11. The highest BCUT2D eigenvalue weighted by Crippen LogP contribution is 2.40. The molecule has 1 unspecified atom stereocenters. The molecule has 1 fully saturated rings. The van der Waals surface area contributed by atoms with Crippen LogP contribution in [-0.2, 0) is 16.0 Å². The third-order valence-corrected chi connectivity index (χ3v) is 5.23. The molecule has 1 atom stereocenters. The van der Waals surface area contributed by atoms with Gasteiger partial charge in [-0.1, -0.05) is 68.8 Å². The highest BCUT2D eigenvalue weighted by atomic mass is 35.5. The van der Waals surface area contributed by atoms with Gasteiger partial charge in [0.1, 0.15) is 5.92 Å². The Morgan fingerprint density at radius 1 is 1.12 bits per heavy atom. The Morgan fingerprint density at radius 2 is 1.84 bits per heavy atom. The average Bonchev–Trinajstić information content (AvgIpc) is 2.59. The van der Waals surface area contributed by atoms with E-state index in [2.05, 4.69) is 12.2 Å². The van der Waals surface area contributed by atoms with Gasteiger partial charge in [0.2, 0.25) is 5.91 Å². The number of benzene rings is 2. The van der Waals surface area contributed by atoms with Gasteiger partial charge in [-0.05, 0) is 29.2 Å². The van der Waals surface area contributed by atoms with Crippen LogP contribution in [0.2, 0.25) is 5.02 Å². The van der Waals surface area contributed by atoms with Gasteiger partial charge in [0.25, 0.3) is 0 Å². The van der Waals surface area contributed by atoms with Crippen LogP contribution in [0.5, 0.6) is 0 Å². The predicted molar refractivity (Wildman–Crippen MR) is 101 cm³/mol. The van der Waals surface area contributed by atoms with Crippen molar-refractivity contribution in [3.8, 4) is 11.1 Å². The molecule has 1 saturated heterocycles. The summed E-state index contributed by atoms with van der Waals surface area (Å²) in [5.74, 6) is -1.09. The molecule has 0 spiro atoms. The third-order valence-electron chi connectivity index (χ3n) is 4.92. The fourth-order valence-electron chi connectivity index (χ4n) is 3.43. The summed E-state index contributed by atoms with van der Waals surface area (Å²) in [5, 5.41) is 3.51. The van der Waals surface area contributed by atoms with Crippen LogP contribution in [0.3, 0.4) is 0 Å². The van der Waals surface area contributed by atoms with Crippen molar-refractivity contribution in [3.05, 3.63) is 58.6 Å². The van der Waals surface area contributed by atoms with E-state index in [-0.39, 0.29) is 11.7 Å². The van der Waals surface area contributed by atoms with Gasteiger partial charge in [0.15, 0.2) is 5.78 Å². The quantitative estimate of drug-likeness (QED) is 0.830. The van der Waals surface area contributed by atoms with Crippen molar-refractivity contribution in [1.82, 2.24) is 5.32 Å². The van der Waals surface area contributed by atoms with Gasteiger partial charge >= 0.3 is 0 Å². The van der Waals surface area contributed by atoms with Crippen LogP contribution in [0.1, 0.15) is 37.8 Å². The summed E-state index contributed by atoms with van der Waals surface area (Å²) < 4.78 is 0. The molecule has 0 radical (unpaired) electrons. The fourth-order valence-corrected chi connectivity index (χ4v) is 3.73. The minimum Gasteiger partial charge on any atom is -0.354 e. The Morgan fingerprint density at radius 3 is 2.56 bits per heavy atom. The summed E-state index contributed by atoms with van der Waals surface area (Å²) in [4.78, 5) is 25.5. The first-order valence-electron chi connectivity index (χ1n) is 8.55. The molecule has 0 bridgehead atoms. The van der Waals surface area contributed by atoms with Crippen molar-refractivity contribution in [2.45, 2.75) is 33.1 Å². The van der Waals surface area contributed by atoms with Gasteiger partial charge < -0.3 is 5.32 Å². The molecule has 25 heavy (non-hydrogen) atoms. The minimum absolute atomic E-state index is 0.0474. The summed E-state index contributed by atoms with van der Waals surface area (Å²) in [6, 6.07) is 13.4. The number of rotatable bonds is 3. The van der Waals surface area contributed by atoms with Crippen molar-refractivity contribution >= 4 is 23.3 Å². The maximum Gasteiger partial charge on any atom is 0.235 e. The lowest BCUT2D eigenvalue weighted by Gasteiger charge is -2.34. The van der Waals surface area contributed by atoms with Crippen molar-refractivity contribution < 1.29 is 9.59 Å². The van der Waals surface area contributed by atoms with Gasteiger partial charge in [-0.3, -0.25) is 9.59 Å². The number of carbonyl (C=O) groups is 2. The van der Waals surface area contributed by atoms with Gasteiger partial charge in [-0.25, -0.2) is 0 Å². The summed E-state index contributed by atoms with van der Waals surface area (Å²) in [7, 11) is 0. The Bertz CT molecular complexity index is 842. The van der Waals surface area contributed by atoms with Gasteiger partial charge in [0, 0.05) is 22.5 Å². The van der Waals surface area contributed by atoms with E-state index in [1.54, 1.807) is 0 Å². The predicted octanol–water partition coefficient (Wildman–Crippen LogP) is 4.38. The lowest BCUT2D eigenvalue weighted by molar-refractivity contribution is -0.139. The number of amides is 1. The second kappa shape index (κ2) is 6.64. The van der Waals surface area contributed by atoms with E-state index in [0.29, 0.717) is 11.6 Å². The topological polar surface area (TPSA) is 46.2 Å². The number of piperidine rings is 1. The molecule has 0 saturated carbocycles. The standard InChI is InChI=1S/C21H22ClNO2/c1-4-13-8-7-11-16(22)17(13)14-9-5-6-10-15(14)18-19(24)21(2,3)12-23-20(18)25/h5-11,18H,4,12H2,1-3H3,(H,23,25). The number of hydrogen-bond acceptors (Lipinski definition) is 2. The number of ketones is 1. The number of nitrogens with one attached hydrogen (secondary N) is 1. The second-order valence-corrected chi connectivity index (χ2v) is 7.52. The zero-order chi connectivity index (χ0) is 18.2. The summed E-state index contributed by atoms with van der Waals surface area (Å²) in [6.45, 7) is 6.18. The lowest BCUT2D eigenvalue weighted by Crippen LogP contribution is -2.51. The molecule has 3 rings (SSSR count). The maximum atomic E-state index is 13.0. The molecule has 0 aromatic heterocycles. The Kier molecular flexibility index (Phi) is 4.70. The SMILES string of the molecule is CCc1cccc(Cl)c1-c1ccccc1C1C(=O)NCC(C)(C)C1=O. The molecular weight excluding hydrogens is 334 g/mol. The van der Waals surface area contributed by atoms with E-state index in [1.165, 1.54) is 0 Å². The third kappa shape index (κ3) is 3.09. The zero-order valence-corrected chi connectivity index (χ0v) is 15.5. The highest BCUT2D eigenvalue weighted by molar-refractivity contribution is 6.33. The van der Waals surface area contributed by atoms with E-state index < -0.39 is 11.3 Å². The molecule has 1 heterocycles. The molecular formula is C21H22ClNO2. The first-order valence-corrected chi connectivity index (χ1v) is 8.93. The van der Waals surface area contributed by atoms with Crippen molar-refractivity contribution in [1.29, 1.82) is 0 Å². The van der Waals surface area contributed by atoms with Crippen LogP contribution in [0, 0.1) is 5.41 Å². The van der Waals surface area contributed by atoms with Crippen LogP contribution in [0.25, 0.3) is 11.1 Å². The number of aryl methyl sites for hydroxylation is 1. The summed E-state index contributed by atoms with van der Waals surface area (Å²) in [5.41, 5.74) is 3.01. The zero-order valence-electron chi connectivity index (χ0n) is 14.7. The highest BCUT2D eigenvalue weighted by Gasteiger charge is 2.44. The largest absolute Gasteiger partial charge is 0.354 e.